The zero-order valence-electron chi connectivity index (χ0n) is 34.8. The van der Waals surface area contributed by atoms with Crippen LogP contribution < -0.4 is 29.6 Å². The van der Waals surface area contributed by atoms with Crippen molar-refractivity contribution in [3.05, 3.63) is 154 Å². The fraction of sp³-hybridized carbons (Fsp3) is 0.308. The van der Waals surface area contributed by atoms with E-state index in [2.05, 4.69) is 125 Å². The van der Waals surface area contributed by atoms with E-state index in [0.29, 0.717) is 18.8 Å². The first-order valence-electron chi connectivity index (χ1n) is 20.3. The van der Waals surface area contributed by atoms with Gasteiger partial charge in [0.05, 0.1) is 28.4 Å². The zero-order chi connectivity index (χ0) is 39.8. The maximum atomic E-state index is 6.03. The fourth-order valence-electron chi connectivity index (χ4n) is 9.75. The van der Waals surface area contributed by atoms with Gasteiger partial charge < -0.3 is 18.9 Å². The molecule has 0 radical (unpaired) electrons. The Morgan fingerprint density at radius 2 is 0.912 bits per heavy atom. The van der Waals surface area contributed by atoms with Gasteiger partial charge in [0.1, 0.15) is 23.0 Å². The summed E-state index contributed by atoms with van der Waals surface area (Å²) >= 11 is 0. The molecule has 8 rings (SSSR count). The molecule has 5 heteroatoms. The summed E-state index contributed by atoms with van der Waals surface area (Å²) in [6.45, 7) is 9.65. The smallest absolute Gasteiger partial charge is 0.126 e. The van der Waals surface area contributed by atoms with Crippen LogP contribution in [-0.4, -0.2) is 34.6 Å². The quantitative estimate of drug-likeness (QED) is 0.109. The van der Waals surface area contributed by atoms with Gasteiger partial charge >= 0.3 is 0 Å². The summed E-state index contributed by atoms with van der Waals surface area (Å²) in [5.41, 5.74) is 16.3. The van der Waals surface area contributed by atoms with Gasteiger partial charge in [-0.3, -0.25) is 0 Å². The first-order chi connectivity index (χ1) is 27.6. The third-order valence-electron chi connectivity index (χ3n) is 11.9. The van der Waals surface area contributed by atoms with Crippen molar-refractivity contribution < 1.29 is 18.9 Å². The van der Waals surface area contributed by atoms with Crippen molar-refractivity contribution in [2.24, 2.45) is 11.3 Å². The van der Waals surface area contributed by atoms with Gasteiger partial charge in [-0.25, -0.2) is 0 Å². The van der Waals surface area contributed by atoms with E-state index < -0.39 is 7.92 Å². The van der Waals surface area contributed by atoms with Crippen LogP contribution in [0.15, 0.2) is 109 Å². The molecule has 0 bridgehead atoms. The molecule has 292 valence electrons. The van der Waals surface area contributed by atoms with Crippen LogP contribution in [0.4, 0.5) is 0 Å². The summed E-state index contributed by atoms with van der Waals surface area (Å²) in [7, 11) is 6.16. The van der Waals surface area contributed by atoms with Crippen molar-refractivity contribution >= 4 is 18.5 Å². The lowest BCUT2D eigenvalue weighted by atomic mass is 9.86. The van der Waals surface area contributed by atoms with Crippen LogP contribution in [0.5, 0.6) is 23.0 Å². The number of rotatable bonds is 13. The molecule has 6 aromatic rings. The second kappa shape index (κ2) is 16.1. The number of fused-ring (bicyclic) bond motifs is 6. The molecule has 0 spiro atoms. The number of hydrogen-bond donors (Lipinski definition) is 0. The second-order valence-electron chi connectivity index (χ2n) is 17.0. The molecule has 1 atom stereocenters. The molecule has 0 saturated heterocycles. The summed E-state index contributed by atoms with van der Waals surface area (Å²) < 4.78 is 24.1. The molecule has 0 N–H and O–H groups in total. The standard InChI is InChI=1S/C52H55O4P/c1-33(31-52(2,3)4)32-57(50-36(29-44-46(53-5)19-13-20-47(44)54-6)23-25-40-38-17-11-9-15-34(38)27-42(40)50)51-37(30-45-48(55-7)21-14-22-49(45)56-8)24-26-41-39-18-12-10-16-35(39)28-43(41)51/h9-26,33H,27-32H2,1-8H3. The molecule has 2 aliphatic carbocycles. The summed E-state index contributed by atoms with van der Waals surface area (Å²) in [4.78, 5) is 0. The van der Waals surface area contributed by atoms with E-state index in [-0.39, 0.29) is 5.41 Å². The molecule has 1 unspecified atom stereocenters. The third-order valence-corrected chi connectivity index (χ3v) is 15.1. The Morgan fingerprint density at radius 3 is 1.30 bits per heavy atom. The number of hydrogen-bond acceptors (Lipinski definition) is 4. The van der Waals surface area contributed by atoms with Crippen LogP contribution in [0.2, 0.25) is 0 Å². The highest BCUT2D eigenvalue weighted by atomic mass is 31.1. The lowest BCUT2D eigenvalue weighted by molar-refractivity contribution is 0.323. The van der Waals surface area contributed by atoms with Crippen molar-refractivity contribution in [2.75, 3.05) is 34.6 Å². The van der Waals surface area contributed by atoms with E-state index >= 15 is 0 Å². The molecular weight excluding hydrogens is 720 g/mol. The maximum Gasteiger partial charge on any atom is 0.126 e. The summed E-state index contributed by atoms with van der Waals surface area (Å²) in [6, 6.07) is 40.0. The summed E-state index contributed by atoms with van der Waals surface area (Å²) in [5, 5.41) is 3.04. The predicted molar refractivity (Wildman–Crippen MR) is 238 cm³/mol. The van der Waals surface area contributed by atoms with E-state index in [9.17, 15) is 0 Å². The molecule has 0 fully saturated rings. The lowest BCUT2D eigenvalue weighted by Gasteiger charge is -2.33. The minimum absolute atomic E-state index is 0.200. The first kappa shape index (κ1) is 38.8. The van der Waals surface area contributed by atoms with Crippen molar-refractivity contribution in [2.45, 2.75) is 59.8 Å². The molecule has 4 nitrogen and oxygen atoms in total. The van der Waals surface area contributed by atoms with Gasteiger partial charge in [-0.05, 0) is 135 Å². The number of benzene rings is 6. The van der Waals surface area contributed by atoms with Crippen molar-refractivity contribution in [3.63, 3.8) is 0 Å². The second-order valence-corrected chi connectivity index (χ2v) is 19.1. The minimum Gasteiger partial charge on any atom is -0.496 e. The lowest BCUT2D eigenvalue weighted by Crippen LogP contribution is -2.29. The van der Waals surface area contributed by atoms with Crippen LogP contribution in [-0.2, 0) is 25.7 Å². The van der Waals surface area contributed by atoms with Crippen molar-refractivity contribution in [3.8, 4) is 45.3 Å². The van der Waals surface area contributed by atoms with E-state index in [1.807, 2.05) is 12.1 Å². The van der Waals surface area contributed by atoms with Crippen LogP contribution in [0, 0.1) is 11.3 Å². The summed E-state index contributed by atoms with van der Waals surface area (Å²) in [6.07, 6.45) is 5.50. The Kier molecular flexibility index (Phi) is 10.9. The van der Waals surface area contributed by atoms with Gasteiger partial charge in [-0.2, -0.15) is 0 Å². The van der Waals surface area contributed by atoms with Crippen LogP contribution >= 0.6 is 7.92 Å². The first-order valence-corrected chi connectivity index (χ1v) is 21.8. The number of methoxy groups -OCH3 is 4. The monoisotopic (exact) mass is 774 g/mol. The molecule has 0 aromatic heterocycles. The topological polar surface area (TPSA) is 36.9 Å². The van der Waals surface area contributed by atoms with Crippen LogP contribution in [0.25, 0.3) is 22.3 Å². The van der Waals surface area contributed by atoms with E-state index in [4.69, 9.17) is 18.9 Å². The molecule has 0 amide bonds. The zero-order valence-corrected chi connectivity index (χ0v) is 35.7. The van der Waals surface area contributed by atoms with Gasteiger partial charge in [0.2, 0.25) is 0 Å². The molecule has 6 aromatic carbocycles. The van der Waals surface area contributed by atoms with E-state index in [1.54, 1.807) is 28.4 Å². The Morgan fingerprint density at radius 1 is 0.509 bits per heavy atom. The molecule has 0 aliphatic heterocycles. The molecule has 57 heavy (non-hydrogen) atoms. The van der Waals surface area contributed by atoms with Gasteiger partial charge in [0, 0.05) is 24.0 Å². The fourth-order valence-corrected chi connectivity index (χ4v) is 13.1. The molecule has 0 saturated carbocycles. The Bertz CT molecular complexity index is 2240. The molecule has 0 heterocycles. The average molecular weight is 775 g/mol. The Hall–Kier alpha value is -5.05. The minimum atomic E-state index is -0.907. The predicted octanol–water partition coefficient (Wildman–Crippen LogP) is 11.5. The third kappa shape index (κ3) is 7.46. The van der Waals surface area contributed by atoms with Crippen LogP contribution in [0.3, 0.4) is 0 Å². The Labute approximate surface area is 340 Å². The summed E-state index contributed by atoms with van der Waals surface area (Å²) in [5.74, 6) is 3.91. The van der Waals surface area contributed by atoms with Crippen LogP contribution in [0.1, 0.15) is 78.6 Å². The molecule has 2 aliphatic rings. The normalized spacial score (nSPS) is 13.1. The average Bonchev–Trinajstić information content (AvgIpc) is 3.78. The van der Waals surface area contributed by atoms with Gasteiger partial charge in [0.25, 0.3) is 0 Å². The maximum absolute atomic E-state index is 6.03. The highest BCUT2D eigenvalue weighted by Crippen LogP contribution is 2.51. The highest BCUT2D eigenvalue weighted by Gasteiger charge is 2.35. The Balaban J connectivity index is 1.43. The molecular formula is C52H55O4P. The van der Waals surface area contributed by atoms with Gasteiger partial charge in [0.15, 0.2) is 0 Å². The van der Waals surface area contributed by atoms with E-state index in [1.165, 1.54) is 66.2 Å². The highest BCUT2D eigenvalue weighted by molar-refractivity contribution is 7.73. The largest absolute Gasteiger partial charge is 0.496 e. The van der Waals surface area contributed by atoms with Gasteiger partial charge in [-0.1, -0.05) is 113 Å². The SMILES string of the molecule is COc1cccc(OC)c1Cc1ccc2c(c1P(CC(C)CC(C)(C)C)c1c(Cc3c(OC)cccc3OC)ccc3c1Cc1ccccc1-3)Cc1ccccc1-2. The van der Waals surface area contributed by atoms with Crippen molar-refractivity contribution in [1.82, 2.24) is 0 Å². The van der Waals surface area contributed by atoms with Gasteiger partial charge in [-0.15, -0.1) is 0 Å². The van der Waals surface area contributed by atoms with Crippen molar-refractivity contribution in [1.29, 1.82) is 0 Å². The number of ether oxygens (including phenoxy) is 4. The van der Waals surface area contributed by atoms with E-state index in [0.717, 1.165) is 59.5 Å².